The molecule has 0 aliphatic heterocycles. The maximum atomic E-state index is 8.12. The monoisotopic (exact) mass is 118 g/mol. The van der Waals surface area contributed by atoms with Gasteiger partial charge in [0.25, 0.3) is 0 Å². The van der Waals surface area contributed by atoms with Gasteiger partial charge in [-0.25, -0.2) is 0 Å². The highest BCUT2D eigenvalue weighted by molar-refractivity contribution is 4.25. The molecule has 0 radical (unpaired) electrons. The van der Waals surface area contributed by atoms with Gasteiger partial charge in [-0.1, -0.05) is 0 Å². The molecule has 0 spiro atoms. The highest BCUT2D eigenvalue weighted by Gasteiger charge is 1.75. The summed E-state index contributed by atoms with van der Waals surface area (Å²) >= 11 is 0. The number of methoxy groups -OCH3 is 1. The number of hydrogen-bond acceptors (Lipinski definition) is 2. The molecule has 0 aromatic rings. The van der Waals surface area contributed by atoms with Gasteiger partial charge in [-0.3, -0.25) is 0 Å². The number of aliphatic hydroxyl groups is 1. The Bertz CT molecular complexity index is 25.7. The summed E-state index contributed by atoms with van der Waals surface area (Å²) in [6.45, 7) is 6.89. The van der Waals surface area contributed by atoms with Gasteiger partial charge < -0.3 is 9.84 Å². The van der Waals surface area contributed by atoms with Gasteiger partial charge in [0.2, 0.25) is 0 Å². The zero-order chi connectivity index (χ0) is 6.83. The summed E-state index contributed by atoms with van der Waals surface area (Å²) in [6.07, 6.45) is 0.747. The summed E-state index contributed by atoms with van der Waals surface area (Å²) in [5.41, 5.74) is 0. The van der Waals surface area contributed by atoms with E-state index in [0.29, 0.717) is 6.61 Å². The number of ether oxygens (including phenoxy) is 1. The van der Waals surface area contributed by atoms with Crippen LogP contribution in [0.25, 0.3) is 0 Å². The fraction of sp³-hybridized carbons (Fsp3) is 0.667. The maximum absolute atomic E-state index is 8.12. The van der Waals surface area contributed by atoms with Gasteiger partial charge in [-0.05, 0) is 6.42 Å². The van der Waals surface area contributed by atoms with Crippen LogP contribution in [-0.2, 0) is 4.74 Å². The van der Waals surface area contributed by atoms with E-state index >= 15 is 0 Å². The molecule has 0 bridgehead atoms. The molecule has 2 nitrogen and oxygen atoms in total. The van der Waals surface area contributed by atoms with Crippen LogP contribution < -0.4 is 0 Å². The first-order chi connectivity index (χ1) is 3.91. The zero-order valence-electron chi connectivity index (χ0n) is 5.39. The van der Waals surface area contributed by atoms with Gasteiger partial charge in [-0.2, -0.15) is 0 Å². The smallest absolute Gasteiger partial charge is 0.0484 e. The molecule has 1 N–H and O–H groups in total. The van der Waals surface area contributed by atoms with Crippen LogP contribution in [0.4, 0.5) is 0 Å². The summed E-state index contributed by atoms with van der Waals surface area (Å²) < 4.78 is 4.62. The average Bonchev–Trinajstić information content (AvgIpc) is 1.88. The lowest BCUT2D eigenvalue weighted by Gasteiger charge is -1.89. The molecule has 0 saturated heterocycles. The van der Waals surface area contributed by atoms with Crippen LogP contribution in [0.2, 0.25) is 0 Å². The van der Waals surface area contributed by atoms with Crippen LogP contribution in [0.3, 0.4) is 0 Å². The van der Waals surface area contributed by atoms with Crippen molar-refractivity contribution in [1.82, 2.24) is 0 Å². The lowest BCUT2D eigenvalue weighted by molar-refractivity contribution is 0.166. The predicted molar refractivity (Wildman–Crippen MR) is 34.8 cm³/mol. The first-order valence-corrected chi connectivity index (χ1v) is 2.51. The Morgan fingerprint density at radius 2 is 2.00 bits per heavy atom. The van der Waals surface area contributed by atoms with Crippen molar-refractivity contribution in [3.8, 4) is 0 Å². The van der Waals surface area contributed by atoms with Gasteiger partial charge in [0.1, 0.15) is 0 Å². The molecule has 50 valence electrons. The number of rotatable bonds is 3. The second-order valence-electron chi connectivity index (χ2n) is 1.07. The summed E-state index contributed by atoms with van der Waals surface area (Å²) in [7, 11) is 1.62. The van der Waals surface area contributed by atoms with E-state index in [4.69, 9.17) is 5.11 Å². The van der Waals surface area contributed by atoms with E-state index in [1.165, 1.54) is 0 Å². The predicted octanol–water partition coefficient (Wildman–Crippen LogP) is 0.817. The van der Waals surface area contributed by atoms with Crippen molar-refractivity contribution in [1.29, 1.82) is 0 Å². The van der Waals surface area contributed by atoms with Gasteiger partial charge in [-0.15, -0.1) is 13.2 Å². The van der Waals surface area contributed by atoms with E-state index < -0.39 is 0 Å². The first kappa shape index (κ1) is 10.6. The molecular formula is C6H14O2. The maximum Gasteiger partial charge on any atom is 0.0484 e. The van der Waals surface area contributed by atoms with Crippen LogP contribution in [0.5, 0.6) is 0 Å². The molecule has 0 unspecified atom stereocenters. The average molecular weight is 118 g/mol. The van der Waals surface area contributed by atoms with E-state index in [2.05, 4.69) is 17.9 Å². The van der Waals surface area contributed by atoms with Gasteiger partial charge >= 0.3 is 0 Å². The molecule has 0 amide bonds. The molecule has 0 heterocycles. The Labute approximate surface area is 50.8 Å². The van der Waals surface area contributed by atoms with Crippen molar-refractivity contribution in [3.05, 3.63) is 13.2 Å². The van der Waals surface area contributed by atoms with Crippen molar-refractivity contribution in [2.24, 2.45) is 0 Å². The summed E-state index contributed by atoms with van der Waals surface area (Å²) in [5.74, 6) is 0. The Morgan fingerprint density at radius 3 is 2.12 bits per heavy atom. The molecule has 0 aromatic heterocycles. The normalized spacial score (nSPS) is 7.25. The fourth-order valence-electron chi connectivity index (χ4n) is 0.209. The van der Waals surface area contributed by atoms with Gasteiger partial charge in [0.05, 0.1) is 0 Å². The molecule has 0 aliphatic carbocycles. The Hall–Kier alpha value is -0.340. The van der Waals surface area contributed by atoms with Crippen LogP contribution in [0.1, 0.15) is 6.42 Å². The first-order valence-electron chi connectivity index (χ1n) is 2.51. The van der Waals surface area contributed by atoms with E-state index in [0.717, 1.165) is 6.42 Å². The molecule has 0 saturated carbocycles. The van der Waals surface area contributed by atoms with Crippen LogP contribution in [-0.4, -0.2) is 25.4 Å². The lowest BCUT2D eigenvalue weighted by Crippen LogP contribution is -1.90. The van der Waals surface area contributed by atoms with Crippen molar-refractivity contribution >= 4 is 0 Å². The number of hydrogen-bond donors (Lipinski definition) is 1. The number of aliphatic hydroxyl groups excluding tert-OH is 1. The van der Waals surface area contributed by atoms with E-state index in [9.17, 15) is 0 Å². The second kappa shape index (κ2) is 15.9. The van der Waals surface area contributed by atoms with Crippen LogP contribution in [0, 0.1) is 0 Å². The molecule has 0 aromatic carbocycles. The standard InChI is InChI=1S/C4H10O2.C2H4/c1-6-4-2-3-5;1-2/h5H,2-4H2,1H3;1-2H2. The highest BCUT2D eigenvalue weighted by atomic mass is 16.5. The summed E-state index contributed by atoms with van der Waals surface area (Å²) in [5, 5.41) is 8.12. The SMILES string of the molecule is C=C.COCCCO. The summed E-state index contributed by atoms with van der Waals surface area (Å²) in [6, 6.07) is 0. The third kappa shape index (κ3) is 17.4. The Morgan fingerprint density at radius 1 is 1.50 bits per heavy atom. The quantitative estimate of drug-likeness (QED) is 0.439. The lowest BCUT2D eigenvalue weighted by atomic mass is 10.5. The van der Waals surface area contributed by atoms with E-state index in [-0.39, 0.29) is 6.61 Å². The second-order valence-corrected chi connectivity index (χ2v) is 1.07. The highest BCUT2D eigenvalue weighted by Crippen LogP contribution is 1.72. The molecule has 0 fully saturated rings. The van der Waals surface area contributed by atoms with E-state index in [1.54, 1.807) is 7.11 Å². The minimum absolute atomic E-state index is 0.230. The third-order valence-corrected chi connectivity index (χ3v) is 0.507. The van der Waals surface area contributed by atoms with Gasteiger partial charge in [0, 0.05) is 20.3 Å². The van der Waals surface area contributed by atoms with E-state index in [1.807, 2.05) is 0 Å². The fourth-order valence-corrected chi connectivity index (χ4v) is 0.209. The molecule has 0 atom stereocenters. The third-order valence-electron chi connectivity index (χ3n) is 0.507. The molecule has 8 heavy (non-hydrogen) atoms. The van der Waals surface area contributed by atoms with Crippen molar-refractivity contribution < 1.29 is 9.84 Å². The van der Waals surface area contributed by atoms with Gasteiger partial charge in [0.15, 0.2) is 0 Å². The minimum atomic E-state index is 0.230. The summed E-state index contributed by atoms with van der Waals surface area (Å²) in [4.78, 5) is 0. The molecule has 0 aliphatic rings. The van der Waals surface area contributed by atoms with Crippen molar-refractivity contribution in [3.63, 3.8) is 0 Å². The molecule has 2 heteroatoms. The molecule has 0 rings (SSSR count). The topological polar surface area (TPSA) is 29.5 Å². The van der Waals surface area contributed by atoms with Crippen molar-refractivity contribution in [2.45, 2.75) is 6.42 Å². The van der Waals surface area contributed by atoms with Crippen LogP contribution >= 0.6 is 0 Å². The van der Waals surface area contributed by atoms with Crippen LogP contribution in [0.15, 0.2) is 13.2 Å². The molecular weight excluding hydrogens is 104 g/mol. The zero-order valence-corrected chi connectivity index (χ0v) is 5.39. The minimum Gasteiger partial charge on any atom is -0.396 e. The largest absolute Gasteiger partial charge is 0.396 e. The Kier molecular flexibility index (Phi) is 21.1. The Balaban J connectivity index is 0. The van der Waals surface area contributed by atoms with Crippen molar-refractivity contribution in [2.75, 3.05) is 20.3 Å².